The third-order valence-electron chi connectivity index (χ3n) is 1.62. The summed E-state index contributed by atoms with van der Waals surface area (Å²) in [6.45, 7) is 0.388. The van der Waals surface area contributed by atoms with E-state index in [2.05, 4.69) is 0 Å². The number of nitrogen functional groups attached to an aromatic ring is 1. The fraction of sp³-hybridized carbons (Fsp3) is 0.143. The maximum Gasteiger partial charge on any atom is 0.497 e. The van der Waals surface area contributed by atoms with Gasteiger partial charge in [-0.1, -0.05) is 12.1 Å². The van der Waals surface area contributed by atoms with E-state index in [0.29, 0.717) is 6.79 Å². The average Bonchev–Trinajstić information content (AvgIpc) is 1.83. The molecule has 2 N–H and O–H groups in total. The zero-order valence-electron chi connectivity index (χ0n) is 5.99. The van der Waals surface area contributed by atoms with Crippen molar-refractivity contribution in [1.82, 2.24) is 0 Å². The zero-order chi connectivity index (χ0) is 7.68. The lowest BCUT2D eigenvalue weighted by atomic mass is 9.77. The number of hydrogen-bond acceptors (Lipinski definition) is 3. The Hall–Kier alpha value is -0.995. The molecule has 3 nitrogen and oxygen atoms in total. The largest absolute Gasteiger partial charge is 0.497 e. The van der Waals surface area contributed by atoms with E-state index < -0.39 is 0 Å². The van der Waals surface area contributed by atoms with Gasteiger partial charge in [0, 0.05) is 5.69 Å². The molecule has 56 valence electrons. The normalized spacial score (nSPS) is 16.2. The third-order valence-corrected chi connectivity index (χ3v) is 1.62. The van der Waals surface area contributed by atoms with Crippen LogP contribution in [0.3, 0.4) is 0 Å². The second-order valence-electron chi connectivity index (χ2n) is 2.45. The molecule has 0 amide bonds. The van der Waals surface area contributed by atoms with Gasteiger partial charge in [-0.25, -0.2) is 0 Å². The monoisotopic (exact) mass is 149 g/mol. The molecular weight excluding hydrogens is 141 g/mol. The molecule has 4 heteroatoms. The SMILES string of the molecule is Nc1cccc(B2OCO2)c1. The lowest BCUT2D eigenvalue weighted by molar-refractivity contribution is -0.00394. The predicted octanol–water partition coefficient (Wildman–Crippen LogP) is -0.0317. The maximum atomic E-state index is 5.56. The molecule has 0 bridgehead atoms. The highest BCUT2D eigenvalue weighted by Crippen LogP contribution is 2.05. The molecule has 0 radical (unpaired) electrons. The van der Waals surface area contributed by atoms with Gasteiger partial charge in [0.1, 0.15) is 6.79 Å². The van der Waals surface area contributed by atoms with E-state index >= 15 is 0 Å². The van der Waals surface area contributed by atoms with Crippen LogP contribution in [0.1, 0.15) is 0 Å². The minimum Gasteiger partial charge on any atom is -0.399 e. The van der Waals surface area contributed by atoms with Crippen molar-refractivity contribution >= 4 is 18.3 Å². The molecule has 0 unspecified atom stereocenters. The molecule has 1 aromatic carbocycles. The van der Waals surface area contributed by atoms with Gasteiger partial charge in [0.25, 0.3) is 0 Å². The summed E-state index contributed by atoms with van der Waals surface area (Å²) < 4.78 is 10.2. The topological polar surface area (TPSA) is 44.5 Å². The molecule has 1 aliphatic heterocycles. The number of benzene rings is 1. The highest BCUT2D eigenvalue weighted by Gasteiger charge is 2.28. The van der Waals surface area contributed by atoms with Crippen LogP contribution < -0.4 is 11.2 Å². The second-order valence-corrected chi connectivity index (χ2v) is 2.45. The molecule has 0 spiro atoms. The lowest BCUT2D eigenvalue weighted by Gasteiger charge is -2.23. The molecule has 0 aliphatic carbocycles. The van der Waals surface area contributed by atoms with Gasteiger partial charge in [-0.15, -0.1) is 0 Å². The Kier molecular flexibility index (Phi) is 1.56. The predicted molar refractivity (Wildman–Crippen MR) is 43.3 cm³/mol. The van der Waals surface area contributed by atoms with E-state index in [1.165, 1.54) is 0 Å². The maximum absolute atomic E-state index is 5.56. The second kappa shape index (κ2) is 2.56. The fourth-order valence-electron chi connectivity index (χ4n) is 1.03. The minimum atomic E-state index is -0.196. The van der Waals surface area contributed by atoms with Crippen molar-refractivity contribution in [2.75, 3.05) is 12.5 Å². The molecule has 0 aromatic heterocycles. The molecule has 1 fully saturated rings. The summed E-state index contributed by atoms with van der Waals surface area (Å²) in [7, 11) is -0.196. The Morgan fingerprint density at radius 2 is 2.18 bits per heavy atom. The van der Waals surface area contributed by atoms with Crippen LogP contribution in [0.4, 0.5) is 5.69 Å². The number of anilines is 1. The van der Waals surface area contributed by atoms with Gasteiger partial charge in [0.15, 0.2) is 0 Å². The van der Waals surface area contributed by atoms with E-state index in [-0.39, 0.29) is 7.12 Å². The molecule has 1 heterocycles. The third kappa shape index (κ3) is 1.22. The van der Waals surface area contributed by atoms with Crippen LogP contribution >= 0.6 is 0 Å². The minimum absolute atomic E-state index is 0.196. The highest BCUT2D eigenvalue weighted by molar-refractivity contribution is 6.62. The smallest absolute Gasteiger partial charge is 0.399 e. The van der Waals surface area contributed by atoms with Crippen molar-refractivity contribution in [3.8, 4) is 0 Å². The van der Waals surface area contributed by atoms with Crippen molar-refractivity contribution < 1.29 is 9.31 Å². The van der Waals surface area contributed by atoms with Crippen LogP contribution in [0.15, 0.2) is 24.3 Å². The van der Waals surface area contributed by atoms with Gasteiger partial charge < -0.3 is 15.0 Å². The quantitative estimate of drug-likeness (QED) is 0.450. The number of rotatable bonds is 1. The standard InChI is InChI=1S/C7H8BNO2/c9-7-3-1-2-6(4-7)8-10-5-11-8/h1-4H,5,9H2. The first-order chi connectivity index (χ1) is 5.36. The summed E-state index contributed by atoms with van der Waals surface area (Å²) in [4.78, 5) is 0. The van der Waals surface area contributed by atoms with Crippen LogP contribution in [-0.2, 0) is 9.31 Å². The number of hydrogen-bond donors (Lipinski definition) is 1. The van der Waals surface area contributed by atoms with Crippen molar-refractivity contribution in [3.05, 3.63) is 24.3 Å². The molecule has 1 saturated heterocycles. The van der Waals surface area contributed by atoms with Gasteiger partial charge in [-0.05, 0) is 17.6 Å². The van der Waals surface area contributed by atoms with Crippen LogP contribution in [0.5, 0.6) is 0 Å². The Bertz CT molecular complexity index is 262. The summed E-state index contributed by atoms with van der Waals surface area (Å²) in [5.41, 5.74) is 7.28. The summed E-state index contributed by atoms with van der Waals surface area (Å²) in [5.74, 6) is 0. The van der Waals surface area contributed by atoms with Crippen molar-refractivity contribution in [2.24, 2.45) is 0 Å². The molecular formula is C7H8BNO2. The van der Waals surface area contributed by atoms with Crippen LogP contribution in [-0.4, -0.2) is 13.9 Å². The highest BCUT2D eigenvalue weighted by atomic mass is 16.8. The summed E-state index contributed by atoms with van der Waals surface area (Å²) in [6.07, 6.45) is 0. The first-order valence-corrected chi connectivity index (χ1v) is 3.45. The average molecular weight is 149 g/mol. The van der Waals surface area contributed by atoms with Gasteiger partial charge in [0.05, 0.1) is 0 Å². The summed E-state index contributed by atoms with van der Waals surface area (Å²) >= 11 is 0. The lowest BCUT2D eigenvalue weighted by Crippen LogP contribution is -2.46. The Balaban J connectivity index is 2.23. The molecule has 0 atom stereocenters. The Morgan fingerprint density at radius 3 is 2.73 bits per heavy atom. The van der Waals surface area contributed by atoms with Gasteiger partial charge in [0.2, 0.25) is 0 Å². The number of nitrogens with two attached hydrogens (primary N) is 1. The van der Waals surface area contributed by atoms with Crippen molar-refractivity contribution in [1.29, 1.82) is 0 Å². The molecule has 1 aromatic rings. The fourth-order valence-corrected chi connectivity index (χ4v) is 1.03. The Morgan fingerprint density at radius 1 is 1.36 bits per heavy atom. The van der Waals surface area contributed by atoms with Crippen LogP contribution in [0.2, 0.25) is 0 Å². The van der Waals surface area contributed by atoms with E-state index in [4.69, 9.17) is 15.0 Å². The summed E-state index contributed by atoms with van der Waals surface area (Å²) in [6, 6.07) is 7.50. The molecule has 2 rings (SSSR count). The van der Waals surface area contributed by atoms with Crippen LogP contribution in [0, 0.1) is 0 Å². The van der Waals surface area contributed by atoms with E-state index in [1.807, 2.05) is 24.3 Å². The first kappa shape index (κ1) is 6.70. The molecule has 1 aliphatic rings. The van der Waals surface area contributed by atoms with Crippen molar-refractivity contribution in [3.63, 3.8) is 0 Å². The molecule has 11 heavy (non-hydrogen) atoms. The Labute approximate surface area is 65.3 Å². The first-order valence-electron chi connectivity index (χ1n) is 3.45. The zero-order valence-corrected chi connectivity index (χ0v) is 5.99. The van der Waals surface area contributed by atoms with E-state index in [9.17, 15) is 0 Å². The van der Waals surface area contributed by atoms with E-state index in [1.54, 1.807) is 0 Å². The van der Waals surface area contributed by atoms with Crippen molar-refractivity contribution in [2.45, 2.75) is 0 Å². The van der Waals surface area contributed by atoms with E-state index in [0.717, 1.165) is 11.2 Å². The van der Waals surface area contributed by atoms with Gasteiger partial charge in [-0.3, -0.25) is 0 Å². The van der Waals surface area contributed by atoms with Gasteiger partial charge in [-0.2, -0.15) is 0 Å². The molecule has 0 saturated carbocycles. The summed E-state index contributed by atoms with van der Waals surface area (Å²) in [5, 5.41) is 0. The van der Waals surface area contributed by atoms with Crippen LogP contribution in [0.25, 0.3) is 0 Å². The van der Waals surface area contributed by atoms with Gasteiger partial charge >= 0.3 is 7.12 Å².